The van der Waals surface area contributed by atoms with Crippen molar-refractivity contribution in [3.8, 4) is 0 Å². The van der Waals surface area contributed by atoms with Crippen LogP contribution in [0.5, 0.6) is 0 Å². The summed E-state index contributed by atoms with van der Waals surface area (Å²) in [4.78, 5) is 0. The molecule has 1 fully saturated rings. The van der Waals surface area contributed by atoms with Gasteiger partial charge in [0, 0.05) is 6.04 Å². The molecule has 0 heterocycles. The Labute approximate surface area is 105 Å². The Morgan fingerprint density at radius 1 is 1.00 bits per heavy atom. The Balaban J connectivity index is 2.58. The second-order valence-corrected chi connectivity index (χ2v) is 6.94. The third kappa shape index (κ3) is 6.01. The maximum Gasteiger partial charge on any atom is 0.406 e. The van der Waals surface area contributed by atoms with Crippen molar-refractivity contribution >= 4 is 7.75 Å². The van der Waals surface area contributed by atoms with Gasteiger partial charge in [-0.15, -0.1) is 0 Å². The molecule has 0 radical (unpaired) electrons. The third-order valence-electron chi connectivity index (χ3n) is 2.65. The first-order valence-electron chi connectivity index (χ1n) is 6.66. The largest absolute Gasteiger partial charge is 0.406 e. The molecule has 0 aliphatic heterocycles. The first kappa shape index (κ1) is 15.2. The molecule has 4 nitrogen and oxygen atoms in total. The average Bonchev–Trinajstić information content (AvgIpc) is 2.15. The van der Waals surface area contributed by atoms with Gasteiger partial charge >= 0.3 is 7.75 Å². The molecule has 0 aromatic heterocycles. The monoisotopic (exact) mass is 263 g/mol. The zero-order chi connectivity index (χ0) is 12.9. The summed E-state index contributed by atoms with van der Waals surface area (Å²) in [6.07, 6.45) is 5.59. The van der Waals surface area contributed by atoms with Crippen LogP contribution in [0, 0.1) is 0 Å². The Morgan fingerprint density at radius 3 is 1.88 bits per heavy atom. The van der Waals surface area contributed by atoms with Gasteiger partial charge in [0.25, 0.3) is 0 Å². The van der Waals surface area contributed by atoms with Gasteiger partial charge < -0.3 is 0 Å². The highest BCUT2D eigenvalue weighted by molar-refractivity contribution is 7.51. The van der Waals surface area contributed by atoms with Crippen LogP contribution in [0.25, 0.3) is 0 Å². The minimum atomic E-state index is -3.15. The molecule has 1 saturated carbocycles. The van der Waals surface area contributed by atoms with Gasteiger partial charge in [-0.05, 0) is 40.5 Å². The summed E-state index contributed by atoms with van der Waals surface area (Å²) in [5, 5.41) is 3.11. The molecule has 0 bridgehead atoms. The van der Waals surface area contributed by atoms with Crippen molar-refractivity contribution in [2.24, 2.45) is 0 Å². The molecule has 0 spiro atoms. The lowest BCUT2D eigenvalue weighted by Crippen LogP contribution is -2.31. The van der Waals surface area contributed by atoms with E-state index >= 15 is 0 Å². The number of nitrogens with one attached hydrogen (secondary N) is 1. The van der Waals surface area contributed by atoms with Crippen molar-refractivity contribution in [1.29, 1.82) is 0 Å². The molecular weight excluding hydrogens is 237 g/mol. The van der Waals surface area contributed by atoms with Gasteiger partial charge in [0.05, 0.1) is 12.2 Å². The minimum absolute atomic E-state index is 0.101. The van der Waals surface area contributed by atoms with E-state index in [4.69, 9.17) is 9.05 Å². The molecule has 0 atom stereocenters. The lowest BCUT2D eigenvalue weighted by atomic mass is 9.96. The highest BCUT2D eigenvalue weighted by Crippen LogP contribution is 2.47. The van der Waals surface area contributed by atoms with E-state index in [1.54, 1.807) is 0 Å². The Morgan fingerprint density at radius 2 is 1.47 bits per heavy atom. The van der Waals surface area contributed by atoms with Gasteiger partial charge in [0.2, 0.25) is 0 Å². The molecule has 102 valence electrons. The first-order chi connectivity index (χ1) is 7.91. The van der Waals surface area contributed by atoms with Crippen LogP contribution in [0.3, 0.4) is 0 Å². The van der Waals surface area contributed by atoms with E-state index in [2.05, 4.69) is 5.09 Å². The van der Waals surface area contributed by atoms with Crippen molar-refractivity contribution < 1.29 is 13.6 Å². The highest BCUT2D eigenvalue weighted by atomic mass is 31.2. The number of hydrogen-bond acceptors (Lipinski definition) is 3. The molecule has 5 heteroatoms. The summed E-state index contributed by atoms with van der Waals surface area (Å²) < 4.78 is 23.5. The highest BCUT2D eigenvalue weighted by Gasteiger charge is 2.31. The number of rotatable bonds is 6. The summed E-state index contributed by atoms with van der Waals surface area (Å²) in [7, 11) is -3.15. The predicted molar refractivity (Wildman–Crippen MR) is 70.1 cm³/mol. The van der Waals surface area contributed by atoms with Crippen molar-refractivity contribution in [2.75, 3.05) is 0 Å². The zero-order valence-corrected chi connectivity index (χ0v) is 12.3. The van der Waals surface area contributed by atoms with Crippen LogP contribution >= 0.6 is 7.75 Å². The minimum Gasteiger partial charge on any atom is -0.294 e. The van der Waals surface area contributed by atoms with E-state index < -0.39 is 7.75 Å². The molecule has 0 amide bonds. The van der Waals surface area contributed by atoms with E-state index in [0.29, 0.717) is 0 Å². The van der Waals surface area contributed by atoms with E-state index in [1.165, 1.54) is 19.3 Å². The Kier molecular flexibility index (Phi) is 6.14. The summed E-state index contributed by atoms with van der Waals surface area (Å²) >= 11 is 0. The van der Waals surface area contributed by atoms with Crippen molar-refractivity contribution in [2.45, 2.75) is 78.0 Å². The summed E-state index contributed by atoms with van der Waals surface area (Å²) in [6, 6.07) is 0.270. The SMILES string of the molecule is CC(C)OP(=O)(NC1CCCCC1)OC(C)C. The second-order valence-electron chi connectivity index (χ2n) is 5.27. The predicted octanol–water partition coefficient (Wildman–Crippen LogP) is 3.87. The summed E-state index contributed by atoms with van der Waals surface area (Å²) in [5.74, 6) is 0. The third-order valence-corrected chi connectivity index (χ3v) is 4.72. The van der Waals surface area contributed by atoms with Crippen LogP contribution < -0.4 is 5.09 Å². The average molecular weight is 263 g/mol. The molecule has 0 aromatic carbocycles. The van der Waals surface area contributed by atoms with E-state index in [9.17, 15) is 4.57 Å². The standard InChI is InChI=1S/C12H26NO3P/c1-10(2)15-17(14,16-11(3)4)13-12-8-6-5-7-9-12/h10-12H,5-9H2,1-4H3,(H,13,14). The van der Waals surface area contributed by atoms with Gasteiger partial charge in [-0.2, -0.15) is 0 Å². The molecule has 1 aliphatic rings. The Hall–Kier alpha value is 0.110. The lowest BCUT2D eigenvalue weighted by Gasteiger charge is -2.29. The van der Waals surface area contributed by atoms with Gasteiger partial charge in [-0.3, -0.25) is 9.05 Å². The van der Waals surface area contributed by atoms with Crippen molar-refractivity contribution in [1.82, 2.24) is 5.09 Å². The van der Waals surface area contributed by atoms with Crippen molar-refractivity contribution in [3.05, 3.63) is 0 Å². The fraction of sp³-hybridized carbons (Fsp3) is 1.00. The molecule has 0 unspecified atom stereocenters. The molecular formula is C12H26NO3P. The fourth-order valence-corrected chi connectivity index (χ4v) is 4.08. The Bertz CT molecular complexity index is 248. The van der Waals surface area contributed by atoms with Gasteiger partial charge in [-0.25, -0.2) is 9.65 Å². The van der Waals surface area contributed by atoms with Crippen LogP contribution in [0.15, 0.2) is 0 Å². The van der Waals surface area contributed by atoms with Crippen molar-refractivity contribution in [3.63, 3.8) is 0 Å². The van der Waals surface area contributed by atoms with E-state index in [1.807, 2.05) is 27.7 Å². The van der Waals surface area contributed by atoms with Crippen LogP contribution in [-0.4, -0.2) is 18.2 Å². The molecule has 1 aliphatic carbocycles. The maximum atomic E-state index is 12.5. The van der Waals surface area contributed by atoms with Gasteiger partial charge in [0.15, 0.2) is 0 Å². The fourth-order valence-electron chi connectivity index (χ4n) is 2.10. The van der Waals surface area contributed by atoms with Crippen LogP contribution in [-0.2, 0) is 13.6 Å². The summed E-state index contributed by atoms with van der Waals surface area (Å²) in [6.45, 7) is 7.50. The second kappa shape index (κ2) is 6.89. The quantitative estimate of drug-likeness (QED) is 0.739. The van der Waals surface area contributed by atoms with Crippen LogP contribution in [0.2, 0.25) is 0 Å². The maximum absolute atomic E-state index is 12.5. The van der Waals surface area contributed by atoms with Gasteiger partial charge in [-0.1, -0.05) is 19.3 Å². The molecule has 17 heavy (non-hydrogen) atoms. The van der Waals surface area contributed by atoms with Gasteiger partial charge in [0.1, 0.15) is 0 Å². The molecule has 0 aromatic rings. The first-order valence-corrected chi connectivity index (χ1v) is 8.20. The van der Waals surface area contributed by atoms with E-state index in [-0.39, 0.29) is 18.2 Å². The zero-order valence-electron chi connectivity index (χ0n) is 11.4. The normalized spacial score (nSPS) is 19.2. The summed E-state index contributed by atoms with van der Waals surface area (Å²) in [5.41, 5.74) is 0. The smallest absolute Gasteiger partial charge is 0.294 e. The van der Waals surface area contributed by atoms with Crippen LogP contribution in [0.1, 0.15) is 59.8 Å². The van der Waals surface area contributed by atoms with E-state index in [0.717, 1.165) is 12.8 Å². The van der Waals surface area contributed by atoms with Crippen LogP contribution in [0.4, 0.5) is 0 Å². The number of hydrogen-bond donors (Lipinski definition) is 1. The topological polar surface area (TPSA) is 47.6 Å². The molecule has 1 rings (SSSR count). The lowest BCUT2D eigenvalue weighted by molar-refractivity contribution is 0.131. The molecule has 0 saturated heterocycles. The molecule has 1 N–H and O–H groups in total.